The Kier molecular flexibility index (Phi) is 2.87. The van der Waals surface area contributed by atoms with Crippen molar-refractivity contribution < 1.29 is 8.42 Å². The molecule has 1 aromatic carbocycles. The van der Waals surface area contributed by atoms with Crippen LogP contribution in [0.15, 0.2) is 33.6 Å². The summed E-state index contributed by atoms with van der Waals surface area (Å²) in [5.74, 6) is 0.460. The predicted molar refractivity (Wildman–Crippen MR) is 62.0 cm³/mol. The molecule has 1 N–H and O–H groups in total. The third-order valence-electron chi connectivity index (χ3n) is 2.54. The summed E-state index contributed by atoms with van der Waals surface area (Å²) in [5.41, 5.74) is 0. The van der Waals surface area contributed by atoms with Crippen LogP contribution in [0.3, 0.4) is 0 Å². The molecule has 0 saturated heterocycles. The van der Waals surface area contributed by atoms with Gasteiger partial charge in [-0.2, -0.15) is 0 Å². The molecule has 0 bridgehead atoms. The first kappa shape index (κ1) is 11.1. The minimum absolute atomic E-state index is 0.113. The second-order valence-electron chi connectivity index (χ2n) is 3.87. The second kappa shape index (κ2) is 3.88. The van der Waals surface area contributed by atoms with E-state index in [1.165, 1.54) is 0 Å². The highest BCUT2D eigenvalue weighted by Gasteiger charge is 2.36. The Hall–Kier alpha value is -0.390. The van der Waals surface area contributed by atoms with Crippen molar-refractivity contribution in [1.82, 2.24) is 4.72 Å². The first-order chi connectivity index (χ1) is 7.00. The molecular formula is C10H12BrNO2S. The molecule has 2 atom stereocenters. The van der Waals surface area contributed by atoms with Gasteiger partial charge in [0, 0.05) is 10.5 Å². The zero-order chi connectivity index (χ0) is 11.1. The van der Waals surface area contributed by atoms with Gasteiger partial charge < -0.3 is 0 Å². The van der Waals surface area contributed by atoms with Crippen LogP contribution >= 0.6 is 15.9 Å². The summed E-state index contributed by atoms with van der Waals surface area (Å²) in [6.07, 6.45) is 0.934. The summed E-state index contributed by atoms with van der Waals surface area (Å²) < 4.78 is 27.1. The highest BCUT2D eigenvalue weighted by molar-refractivity contribution is 9.10. The fourth-order valence-electron chi connectivity index (χ4n) is 1.41. The van der Waals surface area contributed by atoms with Crippen LogP contribution < -0.4 is 4.72 Å². The minimum atomic E-state index is -3.36. The fourth-order valence-corrected chi connectivity index (χ4v) is 3.77. The van der Waals surface area contributed by atoms with Crippen molar-refractivity contribution in [1.29, 1.82) is 0 Å². The average Bonchev–Trinajstić information content (AvgIpc) is 2.81. The van der Waals surface area contributed by atoms with Gasteiger partial charge in [-0.05, 0) is 40.4 Å². The lowest BCUT2D eigenvalue weighted by molar-refractivity contribution is 0.578. The standard InChI is InChI=1S/C10H12BrNO2S/c1-7-6-9(7)12-15(13,14)10-5-3-2-4-8(10)11/h2-5,7,9,12H,6H2,1H3. The zero-order valence-electron chi connectivity index (χ0n) is 8.27. The van der Waals surface area contributed by atoms with E-state index in [9.17, 15) is 8.42 Å². The van der Waals surface area contributed by atoms with Gasteiger partial charge in [0.25, 0.3) is 0 Å². The number of hydrogen-bond acceptors (Lipinski definition) is 2. The van der Waals surface area contributed by atoms with Crippen molar-refractivity contribution in [2.45, 2.75) is 24.3 Å². The largest absolute Gasteiger partial charge is 0.241 e. The minimum Gasteiger partial charge on any atom is -0.208 e. The lowest BCUT2D eigenvalue weighted by Gasteiger charge is -2.07. The molecule has 0 radical (unpaired) electrons. The summed E-state index contributed by atoms with van der Waals surface area (Å²) >= 11 is 3.24. The maximum atomic E-state index is 11.9. The third-order valence-corrected chi connectivity index (χ3v) is 5.04. The van der Waals surface area contributed by atoms with Crippen LogP contribution in [0.2, 0.25) is 0 Å². The smallest absolute Gasteiger partial charge is 0.208 e. The van der Waals surface area contributed by atoms with E-state index in [0.717, 1.165) is 6.42 Å². The van der Waals surface area contributed by atoms with Crippen LogP contribution in [-0.2, 0) is 10.0 Å². The van der Waals surface area contributed by atoms with E-state index in [1.807, 2.05) is 6.92 Å². The maximum Gasteiger partial charge on any atom is 0.241 e. The quantitative estimate of drug-likeness (QED) is 0.927. The molecule has 3 nitrogen and oxygen atoms in total. The van der Waals surface area contributed by atoms with Crippen LogP contribution in [-0.4, -0.2) is 14.5 Å². The van der Waals surface area contributed by atoms with Crippen molar-refractivity contribution in [2.75, 3.05) is 0 Å². The number of nitrogens with one attached hydrogen (secondary N) is 1. The Morgan fingerprint density at radius 1 is 1.40 bits per heavy atom. The molecule has 0 aliphatic heterocycles. The van der Waals surface area contributed by atoms with Crippen molar-refractivity contribution in [2.24, 2.45) is 5.92 Å². The van der Waals surface area contributed by atoms with Gasteiger partial charge in [-0.15, -0.1) is 0 Å². The van der Waals surface area contributed by atoms with Crippen LogP contribution in [0, 0.1) is 5.92 Å². The van der Waals surface area contributed by atoms with Gasteiger partial charge in [0.2, 0.25) is 10.0 Å². The topological polar surface area (TPSA) is 46.2 Å². The Bertz CT molecular complexity index is 472. The van der Waals surface area contributed by atoms with Crippen molar-refractivity contribution in [3.63, 3.8) is 0 Å². The molecule has 82 valence electrons. The number of benzene rings is 1. The molecule has 15 heavy (non-hydrogen) atoms. The lowest BCUT2D eigenvalue weighted by Crippen LogP contribution is -2.27. The van der Waals surface area contributed by atoms with Gasteiger partial charge in [-0.1, -0.05) is 19.1 Å². The monoisotopic (exact) mass is 289 g/mol. The van der Waals surface area contributed by atoms with Gasteiger partial charge in [0.1, 0.15) is 0 Å². The number of halogens is 1. The van der Waals surface area contributed by atoms with Crippen molar-refractivity contribution >= 4 is 26.0 Å². The highest BCUT2D eigenvalue weighted by atomic mass is 79.9. The van der Waals surface area contributed by atoms with Gasteiger partial charge in [-0.3, -0.25) is 0 Å². The van der Waals surface area contributed by atoms with Gasteiger partial charge in [0.05, 0.1) is 4.90 Å². The molecular weight excluding hydrogens is 278 g/mol. The summed E-state index contributed by atoms with van der Waals surface area (Å²) in [7, 11) is -3.36. The predicted octanol–water partition coefficient (Wildman–Crippen LogP) is 2.14. The molecule has 0 heterocycles. The molecule has 1 aliphatic rings. The summed E-state index contributed by atoms with van der Waals surface area (Å²) in [6, 6.07) is 6.95. The van der Waals surface area contributed by atoms with Gasteiger partial charge in [-0.25, -0.2) is 13.1 Å². The molecule has 0 amide bonds. The van der Waals surface area contributed by atoms with Crippen LogP contribution in [0.5, 0.6) is 0 Å². The Labute approximate surface area is 98.1 Å². The van der Waals surface area contributed by atoms with E-state index >= 15 is 0 Å². The number of sulfonamides is 1. The molecule has 1 aliphatic carbocycles. The zero-order valence-corrected chi connectivity index (χ0v) is 10.7. The number of rotatable bonds is 3. The molecule has 1 saturated carbocycles. The Morgan fingerprint density at radius 3 is 2.53 bits per heavy atom. The van der Waals surface area contributed by atoms with E-state index in [0.29, 0.717) is 15.3 Å². The van der Waals surface area contributed by atoms with Crippen molar-refractivity contribution in [3.8, 4) is 0 Å². The van der Waals surface area contributed by atoms with Gasteiger partial charge in [0.15, 0.2) is 0 Å². The first-order valence-corrected chi connectivity index (χ1v) is 7.05. The second-order valence-corrected chi connectivity index (χ2v) is 6.41. The van der Waals surface area contributed by atoms with E-state index in [-0.39, 0.29) is 6.04 Å². The van der Waals surface area contributed by atoms with Crippen LogP contribution in [0.4, 0.5) is 0 Å². The number of hydrogen-bond donors (Lipinski definition) is 1. The van der Waals surface area contributed by atoms with E-state index in [4.69, 9.17) is 0 Å². The summed E-state index contributed by atoms with van der Waals surface area (Å²) in [6.45, 7) is 2.03. The lowest BCUT2D eigenvalue weighted by atomic mass is 10.4. The van der Waals surface area contributed by atoms with Crippen molar-refractivity contribution in [3.05, 3.63) is 28.7 Å². The molecule has 0 aromatic heterocycles. The molecule has 1 fully saturated rings. The first-order valence-electron chi connectivity index (χ1n) is 4.77. The van der Waals surface area contributed by atoms with E-state index < -0.39 is 10.0 Å². The summed E-state index contributed by atoms with van der Waals surface area (Å²) in [4.78, 5) is 0.309. The summed E-state index contributed by atoms with van der Waals surface area (Å²) in [5, 5.41) is 0. The molecule has 0 spiro atoms. The normalized spacial score (nSPS) is 25.2. The fraction of sp³-hybridized carbons (Fsp3) is 0.400. The Balaban J connectivity index is 2.26. The van der Waals surface area contributed by atoms with E-state index in [2.05, 4.69) is 20.7 Å². The maximum absolute atomic E-state index is 11.9. The SMILES string of the molecule is CC1CC1NS(=O)(=O)c1ccccc1Br. The molecule has 5 heteroatoms. The van der Waals surface area contributed by atoms with E-state index in [1.54, 1.807) is 24.3 Å². The highest BCUT2D eigenvalue weighted by Crippen LogP contribution is 2.31. The van der Waals surface area contributed by atoms with Crippen LogP contribution in [0.25, 0.3) is 0 Å². The van der Waals surface area contributed by atoms with Gasteiger partial charge >= 0.3 is 0 Å². The molecule has 2 rings (SSSR count). The van der Waals surface area contributed by atoms with Crippen LogP contribution in [0.1, 0.15) is 13.3 Å². The molecule has 1 aromatic rings. The third kappa shape index (κ3) is 2.41. The average molecular weight is 290 g/mol. The molecule has 2 unspecified atom stereocenters. The Morgan fingerprint density at radius 2 is 2.00 bits per heavy atom.